The van der Waals surface area contributed by atoms with E-state index in [0.29, 0.717) is 11.5 Å². The van der Waals surface area contributed by atoms with Gasteiger partial charge < -0.3 is 4.90 Å². The average molecular weight is 330 g/mol. The lowest BCUT2D eigenvalue weighted by Crippen LogP contribution is -2.39. The highest BCUT2D eigenvalue weighted by molar-refractivity contribution is 7.98. The number of piperidine rings is 1. The van der Waals surface area contributed by atoms with Gasteiger partial charge in [-0.1, -0.05) is 6.92 Å². The molecule has 0 aromatic carbocycles. The summed E-state index contributed by atoms with van der Waals surface area (Å²) >= 11 is 1.52. The van der Waals surface area contributed by atoms with Crippen LogP contribution in [0.15, 0.2) is 29.6 Å². The summed E-state index contributed by atoms with van der Waals surface area (Å²) in [4.78, 5) is 19.2. The zero-order valence-electron chi connectivity index (χ0n) is 13.6. The van der Waals surface area contributed by atoms with Gasteiger partial charge in [-0.15, -0.1) is 11.8 Å². The standard InChI is InChI=1S/C17H22N4OS/c1-3-12-10-19-20-15(12)13-6-5-9-21(11-13)17(22)14-7-4-8-18-16(14)23-2/h4,7-8,10,13H,3,5-6,9,11H2,1-2H3,(H,19,20). The highest BCUT2D eigenvalue weighted by atomic mass is 32.2. The van der Waals surface area contributed by atoms with Crippen molar-refractivity contribution in [3.8, 4) is 0 Å². The lowest BCUT2D eigenvalue weighted by Gasteiger charge is -2.33. The number of nitrogens with zero attached hydrogens (tertiary/aromatic N) is 3. The number of hydrogen-bond acceptors (Lipinski definition) is 4. The van der Waals surface area contributed by atoms with Crippen LogP contribution in [0.2, 0.25) is 0 Å². The summed E-state index contributed by atoms with van der Waals surface area (Å²) < 4.78 is 0. The normalized spacial score (nSPS) is 18.2. The Morgan fingerprint density at radius 3 is 3.17 bits per heavy atom. The zero-order chi connectivity index (χ0) is 16.2. The molecular weight excluding hydrogens is 308 g/mol. The number of rotatable bonds is 4. The summed E-state index contributed by atoms with van der Waals surface area (Å²) in [5.74, 6) is 0.435. The van der Waals surface area contributed by atoms with E-state index in [0.717, 1.165) is 37.4 Å². The Labute approximate surface area is 140 Å². The van der Waals surface area contributed by atoms with E-state index in [1.165, 1.54) is 23.0 Å². The molecule has 1 N–H and O–H groups in total. The molecule has 0 spiro atoms. The number of likely N-dealkylation sites (tertiary alicyclic amines) is 1. The third kappa shape index (κ3) is 3.27. The molecule has 2 aromatic heterocycles. The molecule has 23 heavy (non-hydrogen) atoms. The fraction of sp³-hybridized carbons (Fsp3) is 0.471. The van der Waals surface area contributed by atoms with Gasteiger partial charge in [-0.2, -0.15) is 5.10 Å². The summed E-state index contributed by atoms with van der Waals surface area (Å²) in [6.07, 6.45) is 8.68. The Kier molecular flexibility index (Phi) is 5.00. The van der Waals surface area contributed by atoms with Crippen LogP contribution < -0.4 is 0 Å². The van der Waals surface area contributed by atoms with Gasteiger partial charge in [0.05, 0.1) is 11.8 Å². The van der Waals surface area contributed by atoms with Gasteiger partial charge in [0.1, 0.15) is 5.03 Å². The number of aryl methyl sites for hydroxylation is 1. The number of nitrogens with one attached hydrogen (secondary N) is 1. The first-order valence-corrected chi connectivity index (χ1v) is 9.27. The Bertz CT molecular complexity index is 685. The number of aromatic nitrogens is 3. The number of carbonyl (C=O) groups is 1. The highest BCUT2D eigenvalue weighted by Gasteiger charge is 2.28. The van der Waals surface area contributed by atoms with Gasteiger partial charge in [-0.25, -0.2) is 4.98 Å². The number of amides is 1. The van der Waals surface area contributed by atoms with Gasteiger partial charge in [-0.3, -0.25) is 9.89 Å². The van der Waals surface area contributed by atoms with Gasteiger partial charge in [-0.05, 0) is 43.2 Å². The van der Waals surface area contributed by atoms with E-state index in [9.17, 15) is 4.79 Å². The molecule has 1 aliphatic rings. The largest absolute Gasteiger partial charge is 0.338 e. The quantitative estimate of drug-likeness (QED) is 0.875. The molecule has 1 atom stereocenters. The van der Waals surface area contributed by atoms with Crippen molar-refractivity contribution in [1.82, 2.24) is 20.1 Å². The third-order valence-electron chi connectivity index (χ3n) is 4.44. The van der Waals surface area contributed by atoms with Crippen molar-refractivity contribution in [2.45, 2.75) is 37.1 Å². The number of carbonyl (C=O) groups excluding carboxylic acids is 1. The van der Waals surface area contributed by atoms with E-state index in [2.05, 4.69) is 22.1 Å². The first-order valence-electron chi connectivity index (χ1n) is 8.05. The van der Waals surface area contributed by atoms with Gasteiger partial charge in [0, 0.05) is 30.9 Å². The molecule has 0 bridgehead atoms. The smallest absolute Gasteiger partial charge is 0.256 e. The van der Waals surface area contributed by atoms with E-state index in [4.69, 9.17) is 0 Å². The maximum absolute atomic E-state index is 12.9. The summed E-state index contributed by atoms with van der Waals surface area (Å²) in [6, 6.07) is 3.71. The van der Waals surface area contributed by atoms with E-state index < -0.39 is 0 Å². The number of H-pyrrole nitrogens is 1. The summed E-state index contributed by atoms with van der Waals surface area (Å²) in [5, 5.41) is 8.13. The van der Waals surface area contributed by atoms with Crippen molar-refractivity contribution >= 4 is 17.7 Å². The maximum atomic E-state index is 12.9. The average Bonchev–Trinajstić information content (AvgIpc) is 3.10. The van der Waals surface area contributed by atoms with Crippen LogP contribution >= 0.6 is 11.8 Å². The van der Waals surface area contributed by atoms with Crippen molar-refractivity contribution in [2.75, 3.05) is 19.3 Å². The van der Waals surface area contributed by atoms with Crippen LogP contribution in [0.5, 0.6) is 0 Å². The molecule has 1 aliphatic heterocycles. The van der Waals surface area contributed by atoms with Crippen molar-refractivity contribution in [1.29, 1.82) is 0 Å². The van der Waals surface area contributed by atoms with Crippen LogP contribution in [-0.4, -0.2) is 45.3 Å². The fourth-order valence-electron chi connectivity index (χ4n) is 3.24. The molecule has 1 fully saturated rings. The number of pyridine rings is 1. The Hall–Kier alpha value is -1.82. The van der Waals surface area contributed by atoms with Crippen LogP contribution in [0.3, 0.4) is 0 Å². The molecule has 0 saturated carbocycles. The molecule has 6 heteroatoms. The first kappa shape index (κ1) is 16.1. The topological polar surface area (TPSA) is 61.9 Å². The molecule has 2 aromatic rings. The molecule has 122 valence electrons. The molecule has 1 amide bonds. The lowest BCUT2D eigenvalue weighted by molar-refractivity contribution is 0.0701. The minimum Gasteiger partial charge on any atom is -0.338 e. The second-order valence-electron chi connectivity index (χ2n) is 5.81. The molecule has 0 aliphatic carbocycles. The van der Waals surface area contributed by atoms with E-state index >= 15 is 0 Å². The number of hydrogen-bond donors (Lipinski definition) is 1. The summed E-state index contributed by atoms with van der Waals surface area (Å²) in [7, 11) is 0. The van der Waals surface area contributed by atoms with Crippen LogP contribution in [0, 0.1) is 0 Å². The predicted octanol–water partition coefficient (Wildman–Crippen LogP) is 3.11. The van der Waals surface area contributed by atoms with Crippen LogP contribution in [0.4, 0.5) is 0 Å². The zero-order valence-corrected chi connectivity index (χ0v) is 14.4. The fourth-order valence-corrected chi connectivity index (χ4v) is 3.78. The van der Waals surface area contributed by atoms with E-state index in [1.807, 2.05) is 29.5 Å². The Morgan fingerprint density at radius 1 is 1.52 bits per heavy atom. The molecule has 0 radical (unpaired) electrons. The summed E-state index contributed by atoms with van der Waals surface area (Å²) in [6.45, 7) is 3.70. The molecular formula is C17H22N4OS. The molecule has 5 nitrogen and oxygen atoms in total. The van der Waals surface area contributed by atoms with Crippen molar-refractivity contribution in [2.24, 2.45) is 0 Å². The van der Waals surface area contributed by atoms with Crippen molar-refractivity contribution in [3.63, 3.8) is 0 Å². The van der Waals surface area contributed by atoms with Crippen LogP contribution in [0.25, 0.3) is 0 Å². The highest BCUT2D eigenvalue weighted by Crippen LogP contribution is 2.29. The second kappa shape index (κ2) is 7.17. The molecule has 1 saturated heterocycles. The molecule has 3 rings (SSSR count). The Balaban J connectivity index is 1.79. The van der Waals surface area contributed by atoms with Crippen LogP contribution in [0.1, 0.15) is 47.3 Å². The minimum absolute atomic E-state index is 0.0877. The Morgan fingerprint density at radius 2 is 2.39 bits per heavy atom. The number of aromatic amines is 1. The second-order valence-corrected chi connectivity index (χ2v) is 6.61. The maximum Gasteiger partial charge on any atom is 0.256 e. The van der Waals surface area contributed by atoms with Crippen LogP contribution in [-0.2, 0) is 6.42 Å². The molecule has 1 unspecified atom stereocenters. The van der Waals surface area contributed by atoms with Gasteiger partial charge in [0.2, 0.25) is 0 Å². The van der Waals surface area contributed by atoms with Crippen molar-refractivity contribution < 1.29 is 4.79 Å². The third-order valence-corrected chi connectivity index (χ3v) is 5.16. The monoisotopic (exact) mass is 330 g/mol. The van der Waals surface area contributed by atoms with Crippen molar-refractivity contribution in [3.05, 3.63) is 41.3 Å². The van der Waals surface area contributed by atoms with Gasteiger partial charge >= 0.3 is 0 Å². The minimum atomic E-state index is 0.0877. The first-order chi connectivity index (χ1) is 11.2. The predicted molar refractivity (Wildman–Crippen MR) is 91.9 cm³/mol. The van der Waals surface area contributed by atoms with E-state index in [-0.39, 0.29) is 5.91 Å². The van der Waals surface area contributed by atoms with Gasteiger partial charge in [0.25, 0.3) is 5.91 Å². The molecule has 3 heterocycles. The lowest BCUT2D eigenvalue weighted by atomic mass is 9.91. The van der Waals surface area contributed by atoms with Gasteiger partial charge in [0.15, 0.2) is 0 Å². The number of thioether (sulfide) groups is 1. The summed E-state index contributed by atoms with van der Waals surface area (Å²) in [5.41, 5.74) is 3.16. The van der Waals surface area contributed by atoms with E-state index in [1.54, 1.807) is 6.20 Å². The SMILES string of the molecule is CCc1cn[nH]c1C1CCCN(C(=O)c2cccnc2SC)C1.